The number of hydrogen-bond donors (Lipinski definition) is 1. The Hall–Kier alpha value is -2.90. The first kappa shape index (κ1) is 23.8. The molecule has 1 N–H and O–H groups in total. The second-order valence-electron chi connectivity index (χ2n) is 9.40. The largest absolute Gasteiger partial charge is 0.416 e. The minimum absolute atomic E-state index is 0.0691. The summed E-state index contributed by atoms with van der Waals surface area (Å²) in [6, 6.07) is 11.3. The van der Waals surface area contributed by atoms with Crippen LogP contribution in [0.4, 0.5) is 13.2 Å². The Morgan fingerprint density at radius 1 is 1.17 bits per heavy atom. The van der Waals surface area contributed by atoms with E-state index in [1.54, 1.807) is 42.2 Å². The molecule has 2 aromatic heterocycles. The van der Waals surface area contributed by atoms with Crippen LogP contribution < -0.4 is 5.32 Å². The van der Waals surface area contributed by atoms with Crippen molar-refractivity contribution in [3.05, 3.63) is 59.4 Å². The highest BCUT2D eigenvalue weighted by atomic mass is 32.2. The van der Waals surface area contributed by atoms with E-state index in [4.69, 9.17) is 5.26 Å². The average molecular weight is 499 g/mol. The van der Waals surface area contributed by atoms with Crippen LogP contribution in [-0.4, -0.2) is 38.6 Å². The van der Waals surface area contributed by atoms with Gasteiger partial charge in [-0.2, -0.15) is 18.4 Å². The molecule has 10 heteroatoms. The third kappa shape index (κ3) is 4.32. The molecule has 6 nitrogen and oxygen atoms in total. The molecule has 0 amide bonds. The van der Waals surface area contributed by atoms with Gasteiger partial charge in [0.05, 0.1) is 5.56 Å². The molecule has 5 rings (SSSR count). The fourth-order valence-electron chi connectivity index (χ4n) is 5.54. The number of hydrogen-bond acceptors (Lipinski definition) is 6. The van der Waals surface area contributed by atoms with Gasteiger partial charge in [-0.05, 0) is 67.5 Å². The fraction of sp³-hybridized carbons (Fsp3) is 0.440. The molecule has 1 aromatic carbocycles. The smallest absolute Gasteiger partial charge is 0.316 e. The van der Waals surface area contributed by atoms with Gasteiger partial charge in [-0.3, -0.25) is 0 Å². The minimum atomic E-state index is -4.32. The number of halogens is 3. The number of pyridine rings is 1. The topological polar surface area (TPSA) is 79.4 Å². The summed E-state index contributed by atoms with van der Waals surface area (Å²) in [6.07, 6.45) is 1.23. The molecule has 1 saturated carbocycles. The van der Waals surface area contributed by atoms with Crippen molar-refractivity contribution in [2.75, 3.05) is 18.8 Å². The number of nitriles is 1. The zero-order valence-electron chi connectivity index (χ0n) is 19.3. The lowest BCUT2D eigenvalue weighted by molar-refractivity contribution is -0.137. The second kappa shape index (κ2) is 8.95. The Morgan fingerprint density at radius 2 is 1.97 bits per heavy atom. The molecular weight excluding hydrogens is 473 g/mol. The van der Waals surface area contributed by atoms with Gasteiger partial charge in [0.15, 0.2) is 11.0 Å². The third-order valence-corrected chi connectivity index (χ3v) is 8.60. The molecule has 0 radical (unpaired) electrons. The van der Waals surface area contributed by atoms with Crippen molar-refractivity contribution in [1.29, 1.82) is 5.26 Å². The van der Waals surface area contributed by atoms with Gasteiger partial charge in [0.2, 0.25) is 0 Å². The summed E-state index contributed by atoms with van der Waals surface area (Å²) < 4.78 is 41.1. The van der Waals surface area contributed by atoms with E-state index < -0.39 is 11.7 Å². The highest BCUT2D eigenvalue weighted by Crippen LogP contribution is 2.69. The maximum Gasteiger partial charge on any atom is 0.416 e. The molecule has 0 bridgehead atoms. The van der Waals surface area contributed by atoms with Crippen molar-refractivity contribution in [1.82, 2.24) is 25.1 Å². The van der Waals surface area contributed by atoms with Crippen molar-refractivity contribution < 1.29 is 13.2 Å². The zero-order valence-corrected chi connectivity index (χ0v) is 20.1. The fourth-order valence-corrected chi connectivity index (χ4v) is 6.39. The molecule has 1 spiro atoms. The van der Waals surface area contributed by atoms with Crippen LogP contribution in [0.25, 0.3) is 11.4 Å². The average Bonchev–Trinajstić information content (AvgIpc) is 3.11. The standard InChI is InChI=1S/C25H25F3N6S/c1-34-21(17-3-8-20(13-29)31-14-17)32-33-22(34)35-12-2-9-24(15-23(24)10-11-30-16-23)18-4-6-19(7-5-18)25(26,27)28/h3-8,14,30H,2,9-12,15-16H2,1H3/t23-,24+/m0/s1. The predicted octanol–water partition coefficient (Wildman–Crippen LogP) is 4.96. The summed E-state index contributed by atoms with van der Waals surface area (Å²) in [5.74, 6) is 1.52. The van der Waals surface area contributed by atoms with Crippen molar-refractivity contribution >= 4 is 11.8 Å². The van der Waals surface area contributed by atoms with Crippen molar-refractivity contribution in [2.45, 2.75) is 42.4 Å². The zero-order chi connectivity index (χ0) is 24.7. The first-order chi connectivity index (χ1) is 16.8. The van der Waals surface area contributed by atoms with Crippen LogP contribution in [0.2, 0.25) is 0 Å². The summed E-state index contributed by atoms with van der Waals surface area (Å²) in [5, 5.41) is 21.8. The summed E-state index contributed by atoms with van der Waals surface area (Å²) in [4.78, 5) is 4.10. The van der Waals surface area contributed by atoms with Crippen LogP contribution in [0, 0.1) is 16.7 Å². The van der Waals surface area contributed by atoms with Gasteiger partial charge in [-0.25, -0.2) is 4.98 Å². The van der Waals surface area contributed by atoms with Gasteiger partial charge in [-0.15, -0.1) is 10.2 Å². The van der Waals surface area contributed by atoms with E-state index in [0.29, 0.717) is 11.5 Å². The quantitative estimate of drug-likeness (QED) is 0.366. The molecular formula is C25H25F3N6S. The Bertz CT molecular complexity index is 1240. The van der Waals surface area contributed by atoms with Gasteiger partial charge in [-0.1, -0.05) is 23.9 Å². The van der Waals surface area contributed by atoms with Crippen LogP contribution in [0.15, 0.2) is 47.8 Å². The summed E-state index contributed by atoms with van der Waals surface area (Å²) in [6.45, 7) is 1.88. The molecule has 2 fully saturated rings. The Kier molecular flexibility index (Phi) is 6.09. The molecule has 1 aliphatic carbocycles. The van der Waals surface area contributed by atoms with Crippen LogP contribution in [-0.2, 0) is 18.6 Å². The van der Waals surface area contributed by atoms with E-state index in [-0.39, 0.29) is 10.8 Å². The molecule has 182 valence electrons. The third-order valence-electron chi connectivity index (χ3n) is 7.49. The van der Waals surface area contributed by atoms with E-state index in [0.717, 1.165) is 60.8 Å². The lowest BCUT2D eigenvalue weighted by Gasteiger charge is -2.23. The molecule has 2 atom stereocenters. The van der Waals surface area contributed by atoms with Gasteiger partial charge in [0.1, 0.15) is 11.8 Å². The Labute approximate surface area is 206 Å². The highest BCUT2D eigenvalue weighted by Gasteiger charge is 2.67. The number of benzene rings is 1. The normalized spacial score (nSPS) is 23.5. The SMILES string of the molecule is Cn1c(SCCC[C@]2(c3ccc(C(F)(F)F)cc3)C[C@]23CCNC3)nnc1-c1ccc(C#N)nc1. The number of alkyl halides is 3. The van der Waals surface area contributed by atoms with Crippen LogP contribution in [0.1, 0.15) is 42.5 Å². The van der Waals surface area contributed by atoms with Gasteiger partial charge in [0, 0.05) is 36.5 Å². The van der Waals surface area contributed by atoms with Gasteiger partial charge < -0.3 is 9.88 Å². The summed E-state index contributed by atoms with van der Waals surface area (Å²) >= 11 is 1.62. The molecule has 35 heavy (non-hydrogen) atoms. The number of nitrogens with one attached hydrogen (secondary N) is 1. The van der Waals surface area contributed by atoms with Crippen LogP contribution in [0.5, 0.6) is 0 Å². The van der Waals surface area contributed by atoms with Gasteiger partial charge >= 0.3 is 6.18 Å². The summed E-state index contributed by atoms with van der Waals surface area (Å²) in [7, 11) is 1.90. The first-order valence-corrected chi connectivity index (χ1v) is 12.5. The lowest BCUT2D eigenvalue weighted by atomic mass is 9.81. The lowest BCUT2D eigenvalue weighted by Crippen LogP contribution is -2.22. The maximum absolute atomic E-state index is 13.1. The number of rotatable bonds is 7. The molecule has 3 aromatic rings. The van der Waals surface area contributed by atoms with E-state index in [2.05, 4.69) is 20.5 Å². The maximum atomic E-state index is 13.1. The van der Waals surface area contributed by atoms with E-state index in [9.17, 15) is 13.2 Å². The monoisotopic (exact) mass is 498 g/mol. The van der Waals surface area contributed by atoms with Crippen molar-refractivity contribution in [2.24, 2.45) is 12.5 Å². The second-order valence-corrected chi connectivity index (χ2v) is 10.5. The van der Waals surface area contributed by atoms with Crippen LogP contribution >= 0.6 is 11.8 Å². The van der Waals surface area contributed by atoms with Crippen LogP contribution in [0.3, 0.4) is 0 Å². The highest BCUT2D eigenvalue weighted by molar-refractivity contribution is 7.99. The van der Waals surface area contributed by atoms with E-state index in [1.807, 2.05) is 17.7 Å². The Morgan fingerprint density at radius 3 is 2.60 bits per heavy atom. The molecule has 1 saturated heterocycles. The molecule has 0 unspecified atom stereocenters. The molecule has 2 aliphatic rings. The molecule has 1 aliphatic heterocycles. The first-order valence-electron chi connectivity index (χ1n) is 11.6. The number of aromatic nitrogens is 4. The van der Waals surface area contributed by atoms with Crippen molar-refractivity contribution in [3.63, 3.8) is 0 Å². The molecule has 3 heterocycles. The number of thioether (sulfide) groups is 1. The predicted molar refractivity (Wildman–Crippen MR) is 127 cm³/mol. The number of nitrogens with zero attached hydrogens (tertiary/aromatic N) is 5. The summed E-state index contributed by atoms with van der Waals surface area (Å²) in [5.41, 5.74) is 1.65. The van der Waals surface area contributed by atoms with Gasteiger partial charge in [0.25, 0.3) is 0 Å². The Balaban J connectivity index is 1.25. The van der Waals surface area contributed by atoms with E-state index >= 15 is 0 Å². The minimum Gasteiger partial charge on any atom is -0.316 e. The van der Waals surface area contributed by atoms with E-state index in [1.165, 1.54) is 12.1 Å². The van der Waals surface area contributed by atoms with Crippen molar-refractivity contribution in [3.8, 4) is 17.5 Å².